The highest BCUT2D eigenvalue weighted by Crippen LogP contribution is 2.17. The number of hydrogen-bond acceptors (Lipinski definition) is 3. The van der Waals surface area contributed by atoms with Gasteiger partial charge in [-0.05, 0) is 18.2 Å². The van der Waals surface area contributed by atoms with E-state index >= 15 is 0 Å². The topological polar surface area (TPSA) is 28.5 Å². The summed E-state index contributed by atoms with van der Waals surface area (Å²) in [5, 5.41) is 1.18. The van der Waals surface area contributed by atoms with Gasteiger partial charge in [0.05, 0.1) is 18.4 Å². The zero-order valence-corrected chi connectivity index (χ0v) is 8.30. The summed E-state index contributed by atoms with van der Waals surface area (Å²) >= 11 is 0. The van der Waals surface area contributed by atoms with E-state index < -0.39 is 0 Å². The molecule has 1 aliphatic heterocycles. The highest BCUT2D eigenvalue weighted by molar-refractivity contribution is 5.85. The Morgan fingerprint density at radius 1 is 1.07 bits per heavy atom. The van der Waals surface area contributed by atoms with Crippen LogP contribution in [0, 0.1) is 0 Å². The Kier molecular flexibility index (Phi) is 1.88. The van der Waals surface area contributed by atoms with Crippen LogP contribution in [0.3, 0.4) is 0 Å². The quantitative estimate of drug-likeness (QED) is 0.700. The lowest BCUT2D eigenvalue weighted by molar-refractivity contribution is 1.01. The first-order valence-electron chi connectivity index (χ1n) is 5.06. The molecule has 74 valence electrons. The van der Waals surface area contributed by atoms with Gasteiger partial charge >= 0.3 is 0 Å². The lowest BCUT2D eigenvalue weighted by Gasteiger charge is -2.12. The number of hydrogen-bond donors (Lipinski definition) is 0. The van der Waals surface area contributed by atoms with E-state index in [0.717, 1.165) is 24.4 Å². The van der Waals surface area contributed by atoms with Crippen LogP contribution in [0.2, 0.25) is 0 Å². The minimum absolute atomic E-state index is 0.870. The van der Waals surface area contributed by atoms with Crippen LogP contribution in [0.5, 0.6) is 0 Å². The van der Waals surface area contributed by atoms with Crippen LogP contribution in [0.15, 0.2) is 41.4 Å². The molecule has 0 saturated carbocycles. The second-order valence-electron chi connectivity index (χ2n) is 3.58. The number of pyridine rings is 1. The third-order valence-electron chi connectivity index (χ3n) is 2.57. The summed E-state index contributed by atoms with van der Waals surface area (Å²) < 4.78 is 0. The SMILES string of the molecule is C1=NCCN1c1ccc2ccccc2n1. The molecule has 0 radical (unpaired) electrons. The Bertz CT molecular complexity index is 519. The molecule has 2 heterocycles. The third-order valence-corrected chi connectivity index (χ3v) is 2.57. The lowest BCUT2D eigenvalue weighted by atomic mass is 10.2. The normalized spacial score (nSPS) is 15.1. The van der Waals surface area contributed by atoms with Gasteiger partial charge in [0.2, 0.25) is 0 Å². The molecule has 0 amide bonds. The maximum atomic E-state index is 4.59. The van der Waals surface area contributed by atoms with Crippen molar-refractivity contribution in [1.82, 2.24) is 4.98 Å². The smallest absolute Gasteiger partial charge is 0.134 e. The van der Waals surface area contributed by atoms with Crippen LogP contribution >= 0.6 is 0 Å². The summed E-state index contributed by atoms with van der Waals surface area (Å²) in [5.74, 6) is 0.981. The number of aliphatic imine (C=N–C) groups is 1. The molecule has 0 unspecified atom stereocenters. The van der Waals surface area contributed by atoms with Crippen molar-refractivity contribution in [2.24, 2.45) is 4.99 Å². The van der Waals surface area contributed by atoms with E-state index in [1.807, 2.05) is 30.6 Å². The first-order valence-corrected chi connectivity index (χ1v) is 5.06. The van der Waals surface area contributed by atoms with Crippen molar-refractivity contribution < 1.29 is 0 Å². The maximum absolute atomic E-state index is 4.59. The molecular formula is C12H11N3. The summed E-state index contributed by atoms with van der Waals surface area (Å²) in [5.41, 5.74) is 1.04. The van der Waals surface area contributed by atoms with Gasteiger partial charge in [-0.3, -0.25) is 4.99 Å². The Morgan fingerprint density at radius 2 is 2.00 bits per heavy atom. The zero-order valence-electron chi connectivity index (χ0n) is 8.30. The number of rotatable bonds is 1. The standard InChI is InChI=1S/C12H11N3/c1-2-4-11-10(3-1)5-6-12(14-11)15-8-7-13-9-15/h1-6,9H,7-8H2. The molecule has 0 atom stereocenters. The van der Waals surface area contributed by atoms with Gasteiger partial charge in [0.25, 0.3) is 0 Å². The molecule has 2 aromatic rings. The van der Waals surface area contributed by atoms with E-state index in [9.17, 15) is 0 Å². The molecule has 0 aliphatic carbocycles. The van der Waals surface area contributed by atoms with Crippen LogP contribution in [0.25, 0.3) is 10.9 Å². The molecule has 3 heteroatoms. The van der Waals surface area contributed by atoms with Gasteiger partial charge in [0.15, 0.2) is 0 Å². The molecule has 3 nitrogen and oxygen atoms in total. The minimum atomic E-state index is 0.870. The fourth-order valence-electron chi connectivity index (χ4n) is 1.77. The van der Waals surface area contributed by atoms with E-state index in [4.69, 9.17) is 0 Å². The molecule has 0 saturated heterocycles. The summed E-state index contributed by atoms with van der Waals surface area (Å²) in [6.45, 7) is 1.81. The van der Waals surface area contributed by atoms with Gasteiger partial charge in [-0.25, -0.2) is 4.98 Å². The predicted octanol–water partition coefficient (Wildman–Crippen LogP) is 2.08. The molecule has 1 aromatic heterocycles. The van der Waals surface area contributed by atoms with Crippen molar-refractivity contribution >= 4 is 23.1 Å². The van der Waals surface area contributed by atoms with Gasteiger partial charge in [0.1, 0.15) is 5.82 Å². The van der Waals surface area contributed by atoms with E-state index in [0.29, 0.717) is 0 Å². The molecule has 0 fully saturated rings. The highest BCUT2D eigenvalue weighted by Gasteiger charge is 2.09. The minimum Gasteiger partial charge on any atom is -0.316 e. The molecule has 15 heavy (non-hydrogen) atoms. The van der Waals surface area contributed by atoms with E-state index in [1.165, 1.54) is 5.39 Å². The molecular weight excluding hydrogens is 186 g/mol. The first kappa shape index (κ1) is 8.41. The molecule has 3 rings (SSSR count). The average molecular weight is 197 g/mol. The third kappa shape index (κ3) is 1.46. The Labute approximate surface area is 88.1 Å². The van der Waals surface area contributed by atoms with Gasteiger partial charge in [-0.2, -0.15) is 0 Å². The Morgan fingerprint density at radius 3 is 2.87 bits per heavy atom. The van der Waals surface area contributed by atoms with Crippen molar-refractivity contribution in [3.8, 4) is 0 Å². The average Bonchev–Trinajstić information content (AvgIpc) is 2.82. The number of nitrogens with zero attached hydrogens (tertiary/aromatic N) is 3. The van der Waals surface area contributed by atoms with Crippen LogP contribution in [-0.2, 0) is 0 Å². The Balaban J connectivity index is 2.09. The van der Waals surface area contributed by atoms with Crippen molar-refractivity contribution in [2.45, 2.75) is 0 Å². The van der Waals surface area contributed by atoms with Crippen LogP contribution in [-0.4, -0.2) is 24.4 Å². The maximum Gasteiger partial charge on any atom is 0.134 e. The fourth-order valence-corrected chi connectivity index (χ4v) is 1.77. The van der Waals surface area contributed by atoms with Gasteiger partial charge in [0, 0.05) is 11.9 Å². The molecule has 0 spiro atoms. The van der Waals surface area contributed by atoms with Crippen LogP contribution in [0.1, 0.15) is 0 Å². The number of fused-ring (bicyclic) bond motifs is 1. The first-order chi connectivity index (χ1) is 7.43. The van der Waals surface area contributed by atoms with Crippen LogP contribution < -0.4 is 4.90 Å². The summed E-state index contributed by atoms with van der Waals surface area (Å²) in [7, 11) is 0. The van der Waals surface area contributed by atoms with Crippen molar-refractivity contribution in [2.75, 3.05) is 18.0 Å². The van der Waals surface area contributed by atoms with E-state index in [-0.39, 0.29) is 0 Å². The number of para-hydroxylation sites is 1. The highest BCUT2D eigenvalue weighted by atomic mass is 15.2. The number of anilines is 1. The lowest BCUT2D eigenvalue weighted by Crippen LogP contribution is -2.19. The molecule has 1 aromatic carbocycles. The largest absolute Gasteiger partial charge is 0.316 e. The molecule has 1 aliphatic rings. The van der Waals surface area contributed by atoms with Gasteiger partial charge in [-0.15, -0.1) is 0 Å². The van der Waals surface area contributed by atoms with Crippen molar-refractivity contribution in [3.05, 3.63) is 36.4 Å². The zero-order chi connectivity index (χ0) is 10.1. The second-order valence-corrected chi connectivity index (χ2v) is 3.58. The molecule has 0 N–H and O–H groups in total. The fraction of sp³-hybridized carbons (Fsp3) is 0.167. The summed E-state index contributed by atoms with van der Waals surface area (Å²) in [4.78, 5) is 10.8. The van der Waals surface area contributed by atoms with E-state index in [1.54, 1.807) is 0 Å². The molecule has 0 bridgehead atoms. The second kappa shape index (κ2) is 3.35. The summed E-state index contributed by atoms with van der Waals surface area (Å²) in [6.07, 6.45) is 1.86. The van der Waals surface area contributed by atoms with Crippen molar-refractivity contribution in [3.63, 3.8) is 0 Å². The van der Waals surface area contributed by atoms with Crippen LogP contribution in [0.4, 0.5) is 5.82 Å². The van der Waals surface area contributed by atoms with E-state index in [2.05, 4.69) is 27.0 Å². The van der Waals surface area contributed by atoms with Gasteiger partial charge < -0.3 is 4.90 Å². The Hall–Kier alpha value is -1.90. The predicted molar refractivity (Wildman–Crippen MR) is 62.4 cm³/mol. The number of benzene rings is 1. The monoisotopic (exact) mass is 197 g/mol. The van der Waals surface area contributed by atoms with Gasteiger partial charge in [-0.1, -0.05) is 18.2 Å². The number of aromatic nitrogens is 1. The summed E-state index contributed by atoms with van der Waals surface area (Å²) in [6, 6.07) is 12.3. The van der Waals surface area contributed by atoms with Crippen molar-refractivity contribution in [1.29, 1.82) is 0 Å².